The molecule has 1 heteroatoms. The zero-order valence-corrected chi connectivity index (χ0v) is 7.10. The number of hydrogen-bond acceptors (Lipinski definition) is 0. The van der Waals surface area contributed by atoms with E-state index in [0.29, 0.717) is 5.56 Å². The van der Waals surface area contributed by atoms with Gasteiger partial charge in [0.1, 0.15) is 5.82 Å². The fourth-order valence-corrected chi connectivity index (χ4v) is 1.12. The maximum atomic E-state index is 13.1. The second-order valence-corrected chi connectivity index (χ2v) is 2.69. The van der Waals surface area contributed by atoms with E-state index < -0.39 is 0 Å². The molecule has 0 fully saturated rings. The van der Waals surface area contributed by atoms with E-state index in [1.54, 1.807) is 6.07 Å². The predicted octanol–water partition coefficient (Wildman–Crippen LogP) is 3.50. The van der Waals surface area contributed by atoms with Crippen molar-refractivity contribution < 1.29 is 4.39 Å². The van der Waals surface area contributed by atoms with Gasteiger partial charge in [-0.05, 0) is 18.6 Å². The molecule has 0 saturated heterocycles. The Morgan fingerprint density at radius 2 is 2.17 bits per heavy atom. The molecule has 12 heavy (non-hydrogen) atoms. The first-order chi connectivity index (χ1) is 5.66. The van der Waals surface area contributed by atoms with E-state index in [2.05, 4.69) is 13.2 Å². The molecular formula is C11H11F. The highest BCUT2D eigenvalue weighted by Gasteiger charge is 2.03. The Kier molecular flexibility index (Phi) is 2.44. The van der Waals surface area contributed by atoms with Crippen LogP contribution >= 0.6 is 0 Å². The molecule has 0 N–H and O–H groups in total. The van der Waals surface area contributed by atoms with Crippen LogP contribution in [0.25, 0.3) is 11.6 Å². The Labute approximate surface area is 72.0 Å². The van der Waals surface area contributed by atoms with Gasteiger partial charge in [0.25, 0.3) is 0 Å². The third-order valence-corrected chi connectivity index (χ3v) is 1.72. The van der Waals surface area contributed by atoms with Crippen molar-refractivity contribution >= 4 is 11.6 Å². The first-order valence-corrected chi connectivity index (χ1v) is 3.73. The van der Waals surface area contributed by atoms with E-state index >= 15 is 0 Å². The van der Waals surface area contributed by atoms with Crippen molar-refractivity contribution in [2.24, 2.45) is 0 Å². The SMILES string of the molecule is C=Cc1c(F)cccc1C(=C)C. The first-order valence-electron chi connectivity index (χ1n) is 3.73. The second kappa shape index (κ2) is 3.35. The molecule has 62 valence electrons. The number of allylic oxidation sites excluding steroid dienone is 1. The molecule has 1 rings (SSSR count). The highest BCUT2D eigenvalue weighted by Crippen LogP contribution is 2.20. The molecule has 0 aliphatic carbocycles. The molecule has 0 atom stereocenters. The first kappa shape index (κ1) is 8.72. The molecule has 0 unspecified atom stereocenters. The number of hydrogen-bond donors (Lipinski definition) is 0. The summed E-state index contributed by atoms with van der Waals surface area (Å²) < 4.78 is 13.1. The van der Waals surface area contributed by atoms with Gasteiger partial charge in [0.2, 0.25) is 0 Å². The van der Waals surface area contributed by atoms with Gasteiger partial charge in [-0.2, -0.15) is 0 Å². The lowest BCUT2D eigenvalue weighted by Gasteiger charge is -2.05. The molecular weight excluding hydrogens is 151 g/mol. The third kappa shape index (κ3) is 1.45. The second-order valence-electron chi connectivity index (χ2n) is 2.69. The van der Waals surface area contributed by atoms with Gasteiger partial charge in [0.05, 0.1) is 0 Å². The van der Waals surface area contributed by atoms with E-state index in [1.807, 2.05) is 13.0 Å². The lowest BCUT2D eigenvalue weighted by atomic mass is 10.0. The fourth-order valence-electron chi connectivity index (χ4n) is 1.12. The molecule has 0 aliphatic rings. The smallest absolute Gasteiger partial charge is 0.131 e. The summed E-state index contributed by atoms with van der Waals surface area (Å²) in [5.74, 6) is -0.245. The van der Waals surface area contributed by atoms with E-state index in [0.717, 1.165) is 11.1 Å². The summed E-state index contributed by atoms with van der Waals surface area (Å²) in [5, 5.41) is 0. The molecule has 0 heterocycles. The van der Waals surface area contributed by atoms with Crippen molar-refractivity contribution in [2.45, 2.75) is 6.92 Å². The van der Waals surface area contributed by atoms with Crippen LogP contribution < -0.4 is 0 Å². The van der Waals surface area contributed by atoms with Crippen LogP contribution in [0.5, 0.6) is 0 Å². The van der Waals surface area contributed by atoms with Crippen molar-refractivity contribution in [1.82, 2.24) is 0 Å². The van der Waals surface area contributed by atoms with E-state index in [-0.39, 0.29) is 5.82 Å². The van der Waals surface area contributed by atoms with Crippen molar-refractivity contribution in [3.05, 3.63) is 48.3 Å². The lowest BCUT2D eigenvalue weighted by molar-refractivity contribution is 0.624. The van der Waals surface area contributed by atoms with Crippen molar-refractivity contribution in [2.75, 3.05) is 0 Å². The van der Waals surface area contributed by atoms with Gasteiger partial charge >= 0.3 is 0 Å². The standard InChI is InChI=1S/C11H11F/c1-4-9-10(8(2)3)6-5-7-11(9)12/h4-7H,1-2H2,3H3. The maximum Gasteiger partial charge on any atom is 0.131 e. The summed E-state index contributed by atoms with van der Waals surface area (Å²) in [4.78, 5) is 0. The Bertz CT molecular complexity index is 324. The van der Waals surface area contributed by atoms with Crippen LogP contribution in [0.2, 0.25) is 0 Å². The van der Waals surface area contributed by atoms with Gasteiger partial charge < -0.3 is 0 Å². The monoisotopic (exact) mass is 162 g/mol. The Morgan fingerprint density at radius 3 is 2.58 bits per heavy atom. The third-order valence-electron chi connectivity index (χ3n) is 1.72. The molecule has 0 bridgehead atoms. The largest absolute Gasteiger partial charge is 0.206 e. The van der Waals surface area contributed by atoms with Crippen LogP contribution in [-0.2, 0) is 0 Å². The van der Waals surface area contributed by atoms with Crippen molar-refractivity contribution in [3.63, 3.8) is 0 Å². The summed E-state index contributed by atoms with van der Waals surface area (Å²) in [5.41, 5.74) is 2.21. The average molecular weight is 162 g/mol. The van der Waals surface area contributed by atoms with E-state index in [4.69, 9.17) is 0 Å². The Balaban J connectivity index is 3.37. The molecule has 0 aliphatic heterocycles. The average Bonchev–Trinajstić information content (AvgIpc) is 2.03. The number of halogens is 1. The molecule has 0 saturated carbocycles. The van der Waals surface area contributed by atoms with Crippen LogP contribution in [0, 0.1) is 5.82 Å². The number of benzene rings is 1. The predicted molar refractivity (Wildman–Crippen MR) is 51.2 cm³/mol. The fraction of sp³-hybridized carbons (Fsp3) is 0.0909. The van der Waals surface area contributed by atoms with Gasteiger partial charge in [-0.1, -0.05) is 36.9 Å². The summed E-state index contributed by atoms with van der Waals surface area (Å²) in [6.45, 7) is 9.16. The Hall–Kier alpha value is -1.37. The summed E-state index contributed by atoms with van der Waals surface area (Å²) >= 11 is 0. The van der Waals surface area contributed by atoms with Gasteiger partial charge in [-0.15, -0.1) is 0 Å². The minimum atomic E-state index is -0.245. The van der Waals surface area contributed by atoms with Crippen molar-refractivity contribution in [1.29, 1.82) is 0 Å². The van der Waals surface area contributed by atoms with Gasteiger partial charge in [0, 0.05) is 5.56 Å². The van der Waals surface area contributed by atoms with E-state index in [1.165, 1.54) is 12.1 Å². The van der Waals surface area contributed by atoms with Crippen LogP contribution in [0.4, 0.5) is 4.39 Å². The van der Waals surface area contributed by atoms with Gasteiger partial charge in [-0.3, -0.25) is 0 Å². The normalized spacial score (nSPS) is 9.50. The molecule has 0 amide bonds. The lowest BCUT2D eigenvalue weighted by Crippen LogP contribution is -1.88. The van der Waals surface area contributed by atoms with Gasteiger partial charge in [-0.25, -0.2) is 4.39 Å². The molecule has 0 radical (unpaired) electrons. The van der Waals surface area contributed by atoms with Crippen LogP contribution in [-0.4, -0.2) is 0 Å². The topological polar surface area (TPSA) is 0 Å². The highest BCUT2D eigenvalue weighted by atomic mass is 19.1. The zero-order chi connectivity index (χ0) is 9.14. The van der Waals surface area contributed by atoms with Crippen LogP contribution in [0.15, 0.2) is 31.4 Å². The van der Waals surface area contributed by atoms with E-state index in [9.17, 15) is 4.39 Å². The summed E-state index contributed by atoms with van der Waals surface area (Å²) in [7, 11) is 0. The molecule has 0 spiro atoms. The summed E-state index contributed by atoms with van der Waals surface area (Å²) in [6.07, 6.45) is 1.51. The molecule has 0 aromatic heterocycles. The zero-order valence-electron chi connectivity index (χ0n) is 7.10. The van der Waals surface area contributed by atoms with Gasteiger partial charge in [0.15, 0.2) is 0 Å². The summed E-state index contributed by atoms with van der Waals surface area (Å²) in [6, 6.07) is 4.93. The number of rotatable bonds is 2. The minimum Gasteiger partial charge on any atom is -0.206 e. The van der Waals surface area contributed by atoms with Crippen LogP contribution in [0.1, 0.15) is 18.1 Å². The molecule has 1 aromatic rings. The minimum absolute atomic E-state index is 0.245. The highest BCUT2D eigenvalue weighted by molar-refractivity contribution is 5.71. The maximum absolute atomic E-state index is 13.1. The quantitative estimate of drug-likeness (QED) is 0.624. The van der Waals surface area contributed by atoms with Crippen molar-refractivity contribution in [3.8, 4) is 0 Å². The molecule has 1 aromatic carbocycles. The Morgan fingerprint density at radius 1 is 1.50 bits per heavy atom. The van der Waals surface area contributed by atoms with Crippen LogP contribution in [0.3, 0.4) is 0 Å². The molecule has 0 nitrogen and oxygen atoms in total.